The number of alkyl halides is 14. The Labute approximate surface area is 184 Å². The molecule has 0 amide bonds. The molecule has 0 aliphatic carbocycles. The van der Waals surface area contributed by atoms with E-state index in [1.165, 1.54) is 13.8 Å². The molecule has 200 valence electrons. The van der Waals surface area contributed by atoms with Gasteiger partial charge in [0.2, 0.25) is 0 Å². The molecule has 0 aromatic heterocycles. The van der Waals surface area contributed by atoms with E-state index in [9.17, 15) is 61.5 Å². The summed E-state index contributed by atoms with van der Waals surface area (Å²) >= 11 is -9.39. The fourth-order valence-electron chi connectivity index (χ4n) is 2.36. The van der Waals surface area contributed by atoms with Crippen LogP contribution >= 0.6 is 0 Å². The van der Waals surface area contributed by atoms with Gasteiger partial charge in [-0.3, -0.25) is 0 Å². The minimum absolute atomic E-state index is 0.123. The van der Waals surface area contributed by atoms with Crippen molar-refractivity contribution in [3.63, 3.8) is 0 Å². The van der Waals surface area contributed by atoms with Gasteiger partial charge in [-0.2, -0.15) is 0 Å². The molecule has 0 heterocycles. The molecule has 17 heteroatoms. The third-order valence-corrected chi connectivity index (χ3v) is 14.5. The second-order valence-corrected chi connectivity index (χ2v) is 15.7. The number of halogens is 14. The van der Waals surface area contributed by atoms with Crippen LogP contribution in [0.2, 0.25) is 0 Å². The predicted octanol–water partition coefficient (Wildman–Crippen LogP) is 6.89. The third kappa shape index (κ3) is 5.45. The van der Waals surface area contributed by atoms with Gasteiger partial charge in [-0.1, -0.05) is 0 Å². The Balaban J connectivity index is 7.30. The van der Waals surface area contributed by atoms with Gasteiger partial charge in [-0.05, 0) is 0 Å². The summed E-state index contributed by atoms with van der Waals surface area (Å²) in [6.45, 7) is -7.54. The van der Waals surface area contributed by atoms with Crippen LogP contribution in [0.4, 0.5) is 61.5 Å². The van der Waals surface area contributed by atoms with E-state index in [-0.39, 0.29) is 12.8 Å². The SMILES string of the molecule is CCCC[O][Sn]([O]CCCC)([C](F)(F)C(F)(F)C(F)(F)CF)[C](F)(F)C(F)(F)C(F)(F)CF. The molecule has 0 radical (unpaired) electrons. The van der Waals surface area contributed by atoms with Gasteiger partial charge in [-0.25, -0.2) is 0 Å². The fourth-order valence-corrected chi connectivity index (χ4v) is 11.7. The van der Waals surface area contributed by atoms with Crippen LogP contribution in [0.1, 0.15) is 39.5 Å². The summed E-state index contributed by atoms with van der Waals surface area (Å²) in [5.74, 6) is -27.1. The Morgan fingerprint density at radius 2 is 0.818 bits per heavy atom. The number of rotatable bonds is 16. The van der Waals surface area contributed by atoms with E-state index in [1.54, 1.807) is 0 Å². The zero-order valence-electron chi connectivity index (χ0n) is 17.3. The minimum atomic E-state index is -9.39. The van der Waals surface area contributed by atoms with Crippen LogP contribution in [0.3, 0.4) is 0 Å². The van der Waals surface area contributed by atoms with Gasteiger partial charge >= 0.3 is 184 Å². The Bertz CT molecular complexity index is 562. The molecule has 0 N–H and O–H groups in total. The van der Waals surface area contributed by atoms with E-state index in [4.69, 9.17) is 0 Å². The zero-order valence-corrected chi connectivity index (χ0v) is 20.1. The molecule has 0 atom stereocenters. The van der Waals surface area contributed by atoms with Crippen molar-refractivity contribution in [2.24, 2.45) is 0 Å². The zero-order chi connectivity index (χ0) is 26.6. The van der Waals surface area contributed by atoms with Crippen molar-refractivity contribution in [3.8, 4) is 0 Å². The molecule has 0 bridgehead atoms. The molecule has 0 aliphatic heterocycles. The normalized spacial score (nSPS) is 15.3. The van der Waals surface area contributed by atoms with Gasteiger partial charge in [0.25, 0.3) is 0 Å². The van der Waals surface area contributed by atoms with Crippen LogP contribution in [0.5, 0.6) is 0 Å². The standard InChI is InChI=1S/2C4H2F7.2C4H9O.Sn/c2*5-1-3(8,9)4(10,11)2(6)7;2*1-2-3-4-5;/h2*1H2;2*2-4H2,1H3;/q;;2*-1;+2. The van der Waals surface area contributed by atoms with Gasteiger partial charge in [0.05, 0.1) is 0 Å². The van der Waals surface area contributed by atoms with Gasteiger partial charge in [-0.15, -0.1) is 0 Å². The van der Waals surface area contributed by atoms with Gasteiger partial charge < -0.3 is 0 Å². The monoisotopic (exact) mass is 632 g/mol. The Kier molecular flexibility index (Phi) is 11.1. The second-order valence-electron chi connectivity index (χ2n) is 6.99. The van der Waals surface area contributed by atoms with Crippen molar-refractivity contribution in [2.45, 2.75) is 71.1 Å². The maximum absolute atomic E-state index is 14.9. The Hall–Kier alpha value is -0.261. The summed E-state index contributed by atoms with van der Waals surface area (Å²) in [5.41, 5.74) is 0. The molecule has 0 saturated heterocycles. The van der Waals surface area contributed by atoms with Crippen LogP contribution < -0.4 is 0 Å². The molecular formula is C16H22F14O2Sn. The molecule has 0 aliphatic rings. The molecular weight excluding hydrogens is 609 g/mol. The van der Waals surface area contributed by atoms with Crippen LogP contribution in [0.15, 0.2) is 0 Å². The topological polar surface area (TPSA) is 18.5 Å². The van der Waals surface area contributed by atoms with E-state index in [2.05, 4.69) is 6.15 Å². The number of unbranched alkanes of at least 4 members (excludes halogenated alkanes) is 2. The van der Waals surface area contributed by atoms with E-state index in [0.29, 0.717) is 0 Å². The molecule has 0 unspecified atom stereocenters. The Morgan fingerprint density at radius 1 is 0.545 bits per heavy atom. The molecule has 0 spiro atoms. The summed E-state index contributed by atoms with van der Waals surface area (Å²) < 4.78 is 188. The van der Waals surface area contributed by atoms with Crippen molar-refractivity contribution in [1.29, 1.82) is 0 Å². The molecule has 0 aromatic carbocycles. The molecule has 0 fully saturated rings. The molecule has 2 nitrogen and oxygen atoms in total. The van der Waals surface area contributed by atoms with Crippen molar-refractivity contribution >= 4 is 19.2 Å². The summed E-state index contributed by atoms with van der Waals surface area (Å²) in [4.78, 5) is 0. The average Bonchev–Trinajstić information content (AvgIpc) is 2.71. The van der Waals surface area contributed by atoms with Crippen molar-refractivity contribution in [2.75, 3.05) is 26.6 Å². The van der Waals surface area contributed by atoms with Crippen LogP contribution in [0.25, 0.3) is 0 Å². The van der Waals surface area contributed by atoms with Crippen LogP contribution in [-0.4, -0.2) is 77.3 Å². The summed E-state index contributed by atoms with van der Waals surface area (Å²) in [6, 6.07) is 0. The maximum atomic E-state index is 14.9. The summed E-state index contributed by atoms with van der Waals surface area (Å²) in [6.07, 6.45) is -1.39. The average molecular weight is 631 g/mol. The number of hydrogen-bond acceptors (Lipinski definition) is 2. The van der Waals surface area contributed by atoms with Gasteiger partial charge in [0.1, 0.15) is 0 Å². The van der Waals surface area contributed by atoms with Crippen molar-refractivity contribution < 1.29 is 67.6 Å². The molecule has 33 heavy (non-hydrogen) atoms. The molecule has 0 aromatic rings. The van der Waals surface area contributed by atoms with Crippen LogP contribution in [0, 0.1) is 0 Å². The summed E-state index contributed by atoms with van der Waals surface area (Å²) in [7, 11) is 0. The molecule has 0 rings (SSSR count). The van der Waals surface area contributed by atoms with Gasteiger partial charge in [0, 0.05) is 0 Å². The fraction of sp³-hybridized carbons (Fsp3) is 1.00. The Morgan fingerprint density at radius 3 is 1.03 bits per heavy atom. The van der Waals surface area contributed by atoms with Gasteiger partial charge in [0.15, 0.2) is 0 Å². The predicted molar refractivity (Wildman–Crippen MR) is 89.1 cm³/mol. The number of hydrogen-bond donors (Lipinski definition) is 0. The first-order chi connectivity index (χ1) is 14.7. The van der Waals surface area contributed by atoms with Crippen molar-refractivity contribution in [1.82, 2.24) is 0 Å². The van der Waals surface area contributed by atoms with E-state index < -0.39 is 90.2 Å². The first kappa shape index (κ1) is 32.7. The van der Waals surface area contributed by atoms with E-state index >= 15 is 0 Å². The third-order valence-electron chi connectivity index (χ3n) is 4.48. The van der Waals surface area contributed by atoms with E-state index in [0.717, 1.165) is 0 Å². The van der Waals surface area contributed by atoms with E-state index in [1.807, 2.05) is 0 Å². The second kappa shape index (κ2) is 11.2. The first-order valence-corrected chi connectivity index (χ1v) is 14.6. The first-order valence-electron chi connectivity index (χ1n) is 9.41. The molecule has 0 saturated carbocycles. The van der Waals surface area contributed by atoms with Crippen molar-refractivity contribution in [3.05, 3.63) is 0 Å². The summed E-state index contributed by atoms with van der Waals surface area (Å²) in [5, 5.41) is 0. The quantitative estimate of drug-likeness (QED) is 0.105. The van der Waals surface area contributed by atoms with Crippen LogP contribution in [-0.2, 0) is 6.15 Å².